The summed E-state index contributed by atoms with van der Waals surface area (Å²) in [7, 11) is -2.21. The Morgan fingerprint density at radius 3 is 2.25 bits per heavy atom. The molecule has 0 unspecified atom stereocenters. The first-order valence-corrected chi connectivity index (χ1v) is 8.43. The third kappa shape index (κ3) is 3.46. The van der Waals surface area contributed by atoms with Crippen LogP contribution in [-0.2, 0) is 11.0 Å². The third-order valence-corrected chi connectivity index (χ3v) is 7.37. The second-order valence-electron chi connectivity index (χ2n) is 5.59. The Morgan fingerprint density at radius 2 is 1.81 bits per heavy atom. The van der Waals surface area contributed by atoms with E-state index in [0.29, 0.717) is 11.1 Å². The summed E-state index contributed by atoms with van der Waals surface area (Å²) in [4.78, 5) is 0. The predicted octanol–water partition coefficient (Wildman–Crippen LogP) is 4.52. The SMILES string of the molecule is [2H]C([2H])c1ccc(C([2H])([2H])O[Si](C)(C)C(C)(C)C)cc1. The Morgan fingerprint density at radius 1 is 1.25 bits per heavy atom. The molecule has 0 bridgehead atoms. The van der Waals surface area contributed by atoms with Crippen molar-refractivity contribution in [3.05, 3.63) is 35.4 Å². The number of aryl methyl sites for hydroxylation is 1. The first kappa shape index (κ1) is 8.48. The molecule has 2 heteroatoms. The highest BCUT2D eigenvalue weighted by Gasteiger charge is 2.36. The van der Waals surface area contributed by atoms with Crippen molar-refractivity contribution in [3.8, 4) is 0 Å². The van der Waals surface area contributed by atoms with Gasteiger partial charge in [-0.2, -0.15) is 0 Å². The lowest BCUT2D eigenvalue weighted by Gasteiger charge is -2.36. The molecule has 0 aliphatic carbocycles. The lowest BCUT2D eigenvalue weighted by Crippen LogP contribution is -2.40. The second kappa shape index (κ2) is 4.72. The van der Waals surface area contributed by atoms with Crippen LogP contribution < -0.4 is 0 Å². The van der Waals surface area contributed by atoms with Gasteiger partial charge in [0.05, 0.1) is 9.30 Å². The van der Waals surface area contributed by atoms with Crippen LogP contribution in [0.25, 0.3) is 0 Å². The number of benzene rings is 1. The van der Waals surface area contributed by atoms with Gasteiger partial charge in [0.1, 0.15) is 0 Å². The third-order valence-electron chi connectivity index (χ3n) is 3.14. The molecule has 0 saturated carbocycles. The summed E-state index contributed by atoms with van der Waals surface area (Å²) in [6.45, 7) is 7.36. The molecule has 0 aliphatic heterocycles. The van der Waals surface area contributed by atoms with E-state index in [9.17, 15) is 0 Å². The van der Waals surface area contributed by atoms with Crippen molar-refractivity contribution in [2.75, 3.05) is 0 Å². The van der Waals surface area contributed by atoms with Gasteiger partial charge >= 0.3 is 0 Å². The average Bonchev–Trinajstić information content (AvgIpc) is 2.26. The van der Waals surface area contributed by atoms with Crippen molar-refractivity contribution in [1.29, 1.82) is 0 Å². The van der Waals surface area contributed by atoms with Gasteiger partial charge in [0.25, 0.3) is 0 Å². The van der Waals surface area contributed by atoms with E-state index in [4.69, 9.17) is 9.91 Å². The normalized spacial score (nSPS) is 17.6. The number of rotatable bonds is 3. The van der Waals surface area contributed by atoms with E-state index in [1.807, 2.05) is 13.1 Å². The molecule has 1 aromatic carbocycles. The summed E-state index contributed by atoms with van der Waals surface area (Å²) >= 11 is 0. The molecule has 16 heavy (non-hydrogen) atoms. The molecule has 0 amide bonds. The molecule has 1 aromatic rings. The molecular weight excluding hydrogens is 212 g/mol. The van der Waals surface area contributed by atoms with Crippen LogP contribution in [0.4, 0.5) is 0 Å². The fourth-order valence-electron chi connectivity index (χ4n) is 0.891. The molecule has 0 aliphatic rings. The van der Waals surface area contributed by atoms with E-state index in [2.05, 4.69) is 20.8 Å². The van der Waals surface area contributed by atoms with Gasteiger partial charge in [0.15, 0.2) is 8.32 Å². The molecule has 0 spiro atoms. The van der Waals surface area contributed by atoms with Crippen LogP contribution in [0.5, 0.6) is 0 Å². The van der Waals surface area contributed by atoms with Crippen molar-refractivity contribution < 1.29 is 9.91 Å². The van der Waals surface area contributed by atoms with Gasteiger partial charge in [-0.25, -0.2) is 0 Å². The fraction of sp³-hybridized carbons (Fsp3) is 0.571. The van der Waals surface area contributed by atoms with Gasteiger partial charge in [-0.1, -0.05) is 50.6 Å². The summed E-state index contributed by atoms with van der Waals surface area (Å²) in [5.41, 5.74) is 0.989. The molecule has 0 N–H and O–H groups in total. The zero-order chi connectivity index (χ0) is 15.8. The summed E-state index contributed by atoms with van der Waals surface area (Å²) in [5.74, 6) is 0. The Labute approximate surface area is 107 Å². The van der Waals surface area contributed by atoms with E-state index >= 15 is 0 Å². The summed E-state index contributed by atoms with van der Waals surface area (Å²) in [6, 6.07) is 6.46. The predicted molar refractivity (Wildman–Crippen MR) is 73.2 cm³/mol. The van der Waals surface area contributed by atoms with Gasteiger partial charge in [-0.15, -0.1) is 0 Å². The van der Waals surface area contributed by atoms with Crippen LogP contribution in [0, 0.1) is 6.88 Å². The first-order valence-electron chi connectivity index (χ1n) is 7.67. The van der Waals surface area contributed by atoms with Gasteiger partial charge < -0.3 is 4.43 Å². The Hall–Kier alpha value is -0.603. The molecule has 0 radical (unpaired) electrons. The topological polar surface area (TPSA) is 9.23 Å². The van der Waals surface area contributed by atoms with Crippen LogP contribution in [-0.4, -0.2) is 8.32 Å². The largest absolute Gasteiger partial charge is 0.413 e. The zero-order valence-corrected chi connectivity index (χ0v) is 11.8. The zero-order valence-electron chi connectivity index (χ0n) is 14.8. The highest BCUT2D eigenvalue weighted by Crippen LogP contribution is 2.36. The van der Waals surface area contributed by atoms with Gasteiger partial charge in [-0.05, 0) is 30.6 Å². The maximum absolute atomic E-state index is 8.17. The van der Waals surface area contributed by atoms with Crippen molar-refractivity contribution in [1.82, 2.24) is 0 Å². The standard InChI is InChI=1S/C14H24OSi/c1-12-7-9-13(10-8-12)11-15-16(5,6)14(2,3)4/h7-10H,11H2,1-6H3/i1D2,11D2. The maximum Gasteiger partial charge on any atom is 0.192 e. The Kier molecular flexibility index (Phi) is 2.50. The van der Waals surface area contributed by atoms with E-state index < -0.39 is 21.8 Å². The van der Waals surface area contributed by atoms with Crippen LogP contribution in [0.3, 0.4) is 0 Å². The molecule has 0 fully saturated rings. The Balaban J connectivity index is 2.99. The maximum atomic E-state index is 8.17. The molecule has 1 rings (SSSR count). The minimum absolute atomic E-state index is 0.0618. The van der Waals surface area contributed by atoms with E-state index in [-0.39, 0.29) is 5.04 Å². The fourth-order valence-corrected chi connectivity index (χ4v) is 1.57. The second-order valence-corrected chi connectivity index (χ2v) is 10.3. The monoisotopic (exact) mass is 240 g/mol. The lowest BCUT2D eigenvalue weighted by molar-refractivity contribution is 0.276. The lowest BCUT2D eigenvalue weighted by atomic mass is 10.2. The van der Waals surface area contributed by atoms with Crippen molar-refractivity contribution in [2.24, 2.45) is 0 Å². The quantitative estimate of drug-likeness (QED) is 0.706. The summed E-state index contributed by atoms with van der Waals surface area (Å²) < 4.78 is 36.8. The van der Waals surface area contributed by atoms with E-state index in [1.54, 1.807) is 24.3 Å². The molecule has 90 valence electrons. The summed E-state index contributed by atoms with van der Waals surface area (Å²) in [6.07, 6.45) is 0. The van der Waals surface area contributed by atoms with Crippen LogP contribution in [0.1, 0.15) is 37.4 Å². The molecule has 0 aromatic heterocycles. The molecule has 0 saturated heterocycles. The Bertz CT molecular complexity index is 449. The molecular formula is C14H24OSi. The number of hydrogen-bond donors (Lipinski definition) is 0. The minimum Gasteiger partial charge on any atom is -0.413 e. The van der Waals surface area contributed by atoms with Gasteiger partial charge in [-0.3, -0.25) is 0 Å². The highest BCUT2D eigenvalue weighted by atomic mass is 28.4. The minimum atomic E-state index is -2.21. The van der Waals surface area contributed by atoms with Crippen LogP contribution in [0.15, 0.2) is 24.3 Å². The molecule has 1 nitrogen and oxygen atoms in total. The first-order chi connectivity index (χ1) is 8.87. The van der Waals surface area contributed by atoms with Crippen LogP contribution >= 0.6 is 0 Å². The van der Waals surface area contributed by atoms with E-state index in [1.165, 1.54) is 0 Å². The van der Waals surface area contributed by atoms with Crippen molar-refractivity contribution >= 4 is 8.32 Å². The van der Waals surface area contributed by atoms with Gasteiger partial charge in [0, 0.05) is 2.74 Å². The number of hydrogen-bond acceptors (Lipinski definition) is 1. The highest BCUT2D eigenvalue weighted by molar-refractivity contribution is 6.74. The summed E-state index contributed by atoms with van der Waals surface area (Å²) in [5, 5.41) is -0.0618. The van der Waals surface area contributed by atoms with Gasteiger partial charge in [0.2, 0.25) is 0 Å². The van der Waals surface area contributed by atoms with Crippen molar-refractivity contribution in [2.45, 2.75) is 52.3 Å². The molecule has 0 atom stereocenters. The smallest absolute Gasteiger partial charge is 0.192 e. The van der Waals surface area contributed by atoms with E-state index in [0.717, 1.165) is 0 Å². The average molecular weight is 240 g/mol. The van der Waals surface area contributed by atoms with Crippen molar-refractivity contribution in [3.63, 3.8) is 0 Å². The molecule has 0 heterocycles. The van der Waals surface area contributed by atoms with Crippen LogP contribution in [0.2, 0.25) is 18.1 Å².